The van der Waals surface area contributed by atoms with E-state index in [4.69, 9.17) is 14.2 Å². The predicted octanol–water partition coefficient (Wildman–Crippen LogP) is 1.13. The van der Waals surface area contributed by atoms with Gasteiger partial charge in [-0.05, 0) is 86.7 Å². The van der Waals surface area contributed by atoms with E-state index >= 15 is 0 Å². The molecule has 11 nitrogen and oxygen atoms in total. The maximum Gasteiger partial charge on any atom is 0.337 e. The van der Waals surface area contributed by atoms with Crippen molar-refractivity contribution in [2.45, 2.75) is 89.0 Å². The normalized spacial score (nSPS) is 53.5. The summed E-state index contributed by atoms with van der Waals surface area (Å²) < 4.78 is 17.8. The molecule has 0 radical (unpaired) electrons. The van der Waals surface area contributed by atoms with Crippen molar-refractivity contribution < 1.29 is 54.1 Å². The van der Waals surface area contributed by atoms with Gasteiger partial charge in [0.1, 0.15) is 18.3 Å². The van der Waals surface area contributed by atoms with E-state index in [1.807, 2.05) is 0 Å². The van der Waals surface area contributed by atoms with Gasteiger partial charge in [0.05, 0.1) is 17.8 Å². The molecule has 9 rings (SSSR count). The molecule has 0 aromatic rings. The maximum atomic E-state index is 13.8. The molecular weight excluding hydrogens is 596 g/mol. The van der Waals surface area contributed by atoms with Crippen LogP contribution in [0, 0.1) is 46.3 Å². The Bertz CT molecular complexity index is 1740. The molecule has 5 fully saturated rings. The standard InChI is InChI=1S/C35H40O11/c1-6-13(2)26(37)44-12-33(42)20-7-17(20)30(4)21(33)9-16-15(11-36)28(39)45-34(16)22(30)10-32(41)19-8-18(19)31(5)25(32)24(34)23-14(3)27(38)46-35(23,43)29(31)40/h6,17-22,29,36,40-43H,7-12H2,1-5H3/b13-6+/t17-,18-,19+,20+,21-,22+,29-,30+,31+,32+,33+,34+,35+/m0/s1. The number of allylic oxidation sites excluding steroid dienone is 1. The summed E-state index contributed by atoms with van der Waals surface area (Å²) >= 11 is 0. The van der Waals surface area contributed by atoms with Gasteiger partial charge >= 0.3 is 17.9 Å². The van der Waals surface area contributed by atoms with Crippen LogP contribution in [0.2, 0.25) is 0 Å². The topological polar surface area (TPSA) is 180 Å². The fourth-order valence-electron chi connectivity index (χ4n) is 12.4. The number of rotatable bonds is 4. The van der Waals surface area contributed by atoms with E-state index in [9.17, 15) is 39.9 Å². The summed E-state index contributed by atoms with van der Waals surface area (Å²) in [6, 6.07) is 0. The second-order valence-corrected chi connectivity index (χ2v) is 16.0. The van der Waals surface area contributed by atoms with Crippen molar-refractivity contribution in [2.75, 3.05) is 13.2 Å². The average Bonchev–Trinajstić information content (AvgIpc) is 3.91. The van der Waals surface area contributed by atoms with E-state index in [1.54, 1.807) is 26.8 Å². The minimum Gasteiger partial charge on any atom is -0.459 e. The van der Waals surface area contributed by atoms with Crippen molar-refractivity contribution in [1.82, 2.24) is 0 Å². The van der Waals surface area contributed by atoms with Crippen LogP contribution in [0.25, 0.3) is 0 Å². The molecule has 2 aliphatic heterocycles. The number of carbonyl (C=O) groups excluding carboxylic acids is 3. The van der Waals surface area contributed by atoms with Gasteiger partial charge in [-0.1, -0.05) is 19.9 Å². The highest BCUT2D eigenvalue weighted by atomic mass is 16.7. The molecule has 5 N–H and O–H groups in total. The Hall–Kier alpha value is -2.83. The van der Waals surface area contributed by atoms with Crippen molar-refractivity contribution in [2.24, 2.45) is 46.3 Å². The third-order valence-electron chi connectivity index (χ3n) is 14.7. The number of aliphatic hydroxyl groups excluding tert-OH is 2. The first kappa shape index (κ1) is 29.3. The number of aliphatic hydroxyl groups is 5. The van der Waals surface area contributed by atoms with E-state index in [0.717, 1.165) is 0 Å². The molecule has 2 heterocycles. The fraction of sp³-hybridized carbons (Fsp3) is 0.686. The predicted molar refractivity (Wildman–Crippen MR) is 156 cm³/mol. The van der Waals surface area contributed by atoms with Crippen LogP contribution in [0.4, 0.5) is 0 Å². The summed E-state index contributed by atoms with van der Waals surface area (Å²) in [6.45, 7) is 7.84. The van der Waals surface area contributed by atoms with Gasteiger partial charge in [0, 0.05) is 39.5 Å². The monoisotopic (exact) mass is 636 g/mol. The lowest BCUT2D eigenvalue weighted by Crippen LogP contribution is -2.69. The largest absolute Gasteiger partial charge is 0.459 e. The summed E-state index contributed by atoms with van der Waals surface area (Å²) in [5.41, 5.74) is -4.65. The lowest BCUT2D eigenvalue weighted by atomic mass is 9.42. The van der Waals surface area contributed by atoms with Gasteiger partial charge in [-0.15, -0.1) is 0 Å². The Morgan fingerprint density at radius 1 is 1.00 bits per heavy atom. The maximum absolute atomic E-state index is 13.8. The van der Waals surface area contributed by atoms with Crippen molar-refractivity contribution in [1.29, 1.82) is 0 Å². The third kappa shape index (κ3) is 2.72. The van der Waals surface area contributed by atoms with Gasteiger partial charge in [0.2, 0.25) is 0 Å². The van der Waals surface area contributed by atoms with Crippen LogP contribution >= 0.6 is 0 Å². The fourth-order valence-corrected chi connectivity index (χ4v) is 12.4. The minimum absolute atomic E-state index is 0.0183. The molecule has 0 unspecified atom stereocenters. The number of carbonyl (C=O) groups is 3. The Labute approximate surface area is 265 Å². The summed E-state index contributed by atoms with van der Waals surface area (Å²) in [4.78, 5) is 39.7. The second-order valence-electron chi connectivity index (χ2n) is 16.0. The third-order valence-corrected chi connectivity index (χ3v) is 14.7. The van der Waals surface area contributed by atoms with Crippen molar-refractivity contribution >= 4 is 17.9 Å². The molecule has 11 heteroatoms. The molecule has 0 amide bonds. The van der Waals surface area contributed by atoms with Gasteiger partial charge < -0.3 is 39.7 Å². The summed E-state index contributed by atoms with van der Waals surface area (Å²) in [7, 11) is 0. The van der Waals surface area contributed by atoms with Gasteiger partial charge in [-0.3, -0.25) is 0 Å². The SMILES string of the molecule is C/C=C(\C)C(=O)OC[C@@]1(O)[C@@H]2C[C@@H]2[C@]2(C)[C@@H]1CC1=C(CO)C(=O)O[C@]13C1=C4[C@@](C)([C@H]5C[C@H]5[C@]4(O)C[C@@H]32)[C@H](O)[C@]2(O)OC(=O)C(C)=C12. The van der Waals surface area contributed by atoms with E-state index in [-0.39, 0.29) is 59.8 Å². The zero-order valence-corrected chi connectivity index (χ0v) is 26.5. The van der Waals surface area contributed by atoms with Crippen molar-refractivity contribution in [3.8, 4) is 0 Å². The van der Waals surface area contributed by atoms with Crippen LogP contribution in [0.15, 0.2) is 45.1 Å². The number of ether oxygens (including phenoxy) is 3. The Kier molecular flexibility index (Phi) is 5.14. The van der Waals surface area contributed by atoms with Gasteiger partial charge in [-0.25, -0.2) is 14.4 Å². The molecule has 13 atom stereocenters. The first-order valence-electron chi connectivity index (χ1n) is 16.5. The summed E-state index contributed by atoms with van der Waals surface area (Å²) in [5, 5.41) is 60.1. The lowest BCUT2D eigenvalue weighted by molar-refractivity contribution is -0.244. The highest BCUT2D eigenvalue weighted by molar-refractivity contribution is 5.98. The number of hydrogen-bond donors (Lipinski definition) is 5. The molecule has 9 aliphatic rings. The molecular formula is C35H40O11. The molecule has 5 saturated carbocycles. The quantitative estimate of drug-likeness (QED) is 0.170. The van der Waals surface area contributed by atoms with Crippen LogP contribution in [-0.4, -0.2) is 85.3 Å². The van der Waals surface area contributed by atoms with E-state index in [2.05, 4.69) is 6.92 Å². The van der Waals surface area contributed by atoms with E-state index in [1.165, 1.54) is 6.92 Å². The molecule has 7 aliphatic carbocycles. The second kappa shape index (κ2) is 8.06. The molecule has 0 aromatic carbocycles. The smallest absolute Gasteiger partial charge is 0.337 e. The first-order chi connectivity index (χ1) is 21.5. The zero-order valence-electron chi connectivity index (χ0n) is 26.5. The minimum atomic E-state index is -2.43. The van der Waals surface area contributed by atoms with Gasteiger partial charge in [-0.2, -0.15) is 0 Å². The Morgan fingerprint density at radius 2 is 1.70 bits per heavy atom. The summed E-state index contributed by atoms with van der Waals surface area (Å²) in [6.07, 6.45) is 1.61. The zero-order chi connectivity index (χ0) is 32.9. The average molecular weight is 637 g/mol. The summed E-state index contributed by atoms with van der Waals surface area (Å²) in [5.74, 6) is -6.38. The first-order valence-corrected chi connectivity index (χ1v) is 16.5. The molecule has 46 heavy (non-hydrogen) atoms. The molecule has 246 valence electrons. The number of hydrogen-bond acceptors (Lipinski definition) is 11. The molecule has 1 spiro atoms. The number of fused-ring (bicyclic) bond motifs is 9. The number of esters is 3. The lowest BCUT2D eigenvalue weighted by Gasteiger charge is -2.64. The van der Waals surface area contributed by atoms with Crippen LogP contribution in [-0.2, 0) is 28.6 Å². The Balaban J connectivity index is 1.30. The van der Waals surface area contributed by atoms with Crippen LogP contribution in [0.3, 0.4) is 0 Å². The molecule has 0 saturated heterocycles. The van der Waals surface area contributed by atoms with Gasteiger partial charge in [0.15, 0.2) is 5.60 Å². The van der Waals surface area contributed by atoms with Gasteiger partial charge in [0.25, 0.3) is 5.79 Å². The van der Waals surface area contributed by atoms with E-state index < -0.39 is 75.9 Å². The van der Waals surface area contributed by atoms with E-state index in [0.29, 0.717) is 35.1 Å². The van der Waals surface area contributed by atoms with Crippen LogP contribution in [0.5, 0.6) is 0 Å². The van der Waals surface area contributed by atoms with Crippen molar-refractivity contribution in [3.63, 3.8) is 0 Å². The highest BCUT2D eigenvalue weighted by Crippen LogP contribution is 2.84. The van der Waals surface area contributed by atoms with Crippen LogP contribution < -0.4 is 0 Å². The Morgan fingerprint density at radius 3 is 2.37 bits per heavy atom. The van der Waals surface area contributed by atoms with Crippen LogP contribution in [0.1, 0.15) is 60.3 Å². The van der Waals surface area contributed by atoms with Crippen molar-refractivity contribution in [3.05, 3.63) is 45.1 Å². The molecule has 0 aromatic heterocycles. The molecule has 0 bridgehead atoms. The highest BCUT2D eigenvalue weighted by Gasteiger charge is 2.87.